The fourth-order valence-corrected chi connectivity index (χ4v) is 5.90. The number of anilines is 1. The molecule has 2 amide bonds. The standard InChI is InChI=1S/C29H31BrCl3N3O4S/c1-29(2,3)34-28(38)26(14-19-8-6-5-7-9-19)35(17-20-10-12-21(30)13-11-20)27(37)18-36(41(4,39)40)25-16-23(32)22(31)15-24(25)33/h5-13,15-16,26H,14,17-18H2,1-4H3,(H,34,38). The lowest BCUT2D eigenvalue weighted by Gasteiger charge is -2.35. The third-order valence-electron chi connectivity index (χ3n) is 5.97. The van der Waals surface area contributed by atoms with Crippen molar-refractivity contribution in [3.05, 3.63) is 97.4 Å². The van der Waals surface area contributed by atoms with Crippen molar-refractivity contribution >= 4 is 78.3 Å². The Morgan fingerprint density at radius 2 is 1.49 bits per heavy atom. The van der Waals surface area contributed by atoms with Crippen LogP contribution in [-0.2, 0) is 32.6 Å². The van der Waals surface area contributed by atoms with E-state index in [1.807, 2.05) is 75.4 Å². The van der Waals surface area contributed by atoms with Crippen molar-refractivity contribution in [3.8, 4) is 0 Å². The number of hydrogen-bond donors (Lipinski definition) is 1. The van der Waals surface area contributed by atoms with Crippen molar-refractivity contribution < 1.29 is 18.0 Å². The van der Waals surface area contributed by atoms with Crippen molar-refractivity contribution in [2.24, 2.45) is 0 Å². The van der Waals surface area contributed by atoms with Crippen LogP contribution in [0.15, 0.2) is 71.2 Å². The van der Waals surface area contributed by atoms with Crippen LogP contribution in [0, 0.1) is 0 Å². The largest absolute Gasteiger partial charge is 0.350 e. The number of halogens is 4. The zero-order valence-electron chi connectivity index (χ0n) is 23.0. The second-order valence-corrected chi connectivity index (χ2v) is 14.6. The normalized spacial score (nSPS) is 12.5. The van der Waals surface area contributed by atoms with Gasteiger partial charge in [-0.1, -0.05) is 93.2 Å². The van der Waals surface area contributed by atoms with Crippen LogP contribution in [0.3, 0.4) is 0 Å². The first-order valence-corrected chi connectivity index (χ1v) is 16.3. The fraction of sp³-hybridized carbons (Fsp3) is 0.310. The summed E-state index contributed by atoms with van der Waals surface area (Å²) in [5.41, 5.74) is 1.01. The number of amides is 2. The molecule has 0 aliphatic carbocycles. The molecule has 1 unspecified atom stereocenters. The Labute approximate surface area is 264 Å². The van der Waals surface area contributed by atoms with Gasteiger partial charge in [0.1, 0.15) is 12.6 Å². The molecule has 0 radical (unpaired) electrons. The summed E-state index contributed by atoms with van der Waals surface area (Å²) in [4.78, 5) is 29.3. The molecular formula is C29H31BrCl3N3O4S. The third kappa shape index (κ3) is 9.61. The van der Waals surface area contributed by atoms with E-state index in [4.69, 9.17) is 34.8 Å². The number of carbonyl (C=O) groups excluding carboxylic acids is 2. The van der Waals surface area contributed by atoms with Crippen molar-refractivity contribution in [1.82, 2.24) is 10.2 Å². The second-order valence-electron chi connectivity index (χ2n) is 10.6. The summed E-state index contributed by atoms with van der Waals surface area (Å²) in [6.07, 6.45) is 1.17. The Kier molecular flexibility index (Phi) is 11.2. The molecule has 0 saturated carbocycles. The molecule has 3 aromatic rings. The molecular weight excluding hydrogens is 673 g/mol. The van der Waals surface area contributed by atoms with Gasteiger partial charge >= 0.3 is 0 Å². The summed E-state index contributed by atoms with van der Waals surface area (Å²) in [5.74, 6) is -0.976. The highest BCUT2D eigenvalue weighted by Crippen LogP contribution is 2.35. The van der Waals surface area contributed by atoms with Crippen molar-refractivity contribution in [2.45, 2.75) is 45.3 Å². The molecule has 0 aliphatic heterocycles. The lowest BCUT2D eigenvalue weighted by Crippen LogP contribution is -2.56. The number of nitrogens with one attached hydrogen (secondary N) is 1. The first-order chi connectivity index (χ1) is 19.0. The Hall–Kier alpha value is -2.30. The van der Waals surface area contributed by atoms with Gasteiger partial charge in [0.2, 0.25) is 21.8 Å². The zero-order chi connectivity index (χ0) is 30.5. The van der Waals surface area contributed by atoms with Crippen LogP contribution in [-0.4, -0.2) is 49.5 Å². The summed E-state index contributed by atoms with van der Waals surface area (Å²) in [7, 11) is -4.02. The van der Waals surface area contributed by atoms with Crippen LogP contribution < -0.4 is 9.62 Å². The van der Waals surface area contributed by atoms with Gasteiger partial charge in [0.05, 0.1) is 27.0 Å². The van der Waals surface area contributed by atoms with Crippen LogP contribution in [0.2, 0.25) is 15.1 Å². The quantitative estimate of drug-likeness (QED) is 0.238. The predicted molar refractivity (Wildman–Crippen MR) is 170 cm³/mol. The molecule has 0 fully saturated rings. The van der Waals surface area contributed by atoms with E-state index in [0.29, 0.717) is 0 Å². The fourth-order valence-electron chi connectivity index (χ4n) is 4.09. The maximum Gasteiger partial charge on any atom is 0.244 e. The maximum atomic E-state index is 14.1. The highest BCUT2D eigenvalue weighted by molar-refractivity contribution is 9.10. The van der Waals surface area contributed by atoms with E-state index in [2.05, 4.69) is 21.2 Å². The molecule has 7 nitrogen and oxygen atoms in total. The van der Waals surface area contributed by atoms with Crippen molar-refractivity contribution in [1.29, 1.82) is 0 Å². The summed E-state index contributed by atoms with van der Waals surface area (Å²) in [6.45, 7) is 4.98. The van der Waals surface area contributed by atoms with Gasteiger partial charge in [0.15, 0.2) is 0 Å². The summed E-state index contributed by atoms with van der Waals surface area (Å²) in [5, 5.41) is 3.20. The smallest absolute Gasteiger partial charge is 0.244 e. The van der Waals surface area contributed by atoms with Crippen LogP contribution in [0.25, 0.3) is 0 Å². The number of carbonyl (C=O) groups is 2. The lowest BCUT2D eigenvalue weighted by atomic mass is 10.0. The first-order valence-electron chi connectivity index (χ1n) is 12.6. The first kappa shape index (κ1) is 33.2. The Morgan fingerprint density at radius 1 is 0.902 bits per heavy atom. The summed E-state index contributed by atoms with van der Waals surface area (Å²) < 4.78 is 27.6. The lowest BCUT2D eigenvalue weighted by molar-refractivity contribution is -0.140. The number of nitrogens with zero attached hydrogens (tertiary/aromatic N) is 2. The van der Waals surface area contributed by atoms with Gasteiger partial charge in [-0.25, -0.2) is 8.42 Å². The van der Waals surface area contributed by atoms with Gasteiger partial charge in [0, 0.05) is 23.0 Å². The zero-order valence-corrected chi connectivity index (χ0v) is 27.7. The number of benzene rings is 3. The number of sulfonamides is 1. The molecule has 3 aromatic carbocycles. The van der Waals surface area contributed by atoms with Gasteiger partial charge in [0.25, 0.3) is 0 Å². The molecule has 0 heterocycles. The topological polar surface area (TPSA) is 86.8 Å². The van der Waals surface area contributed by atoms with Crippen molar-refractivity contribution in [3.63, 3.8) is 0 Å². The monoisotopic (exact) mass is 701 g/mol. The van der Waals surface area contributed by atoms with Gasteiger partial charge < -0.3 is 10.2 Å². The van der Waals surface area contributed by atoms with E-state index in [1.165, 1.54) is 17.0 Å². The predicted octanol–water partition coefficient (Wildman–Crippen LogP) is 6.73. The highest BCUT2D eigenvalue weighted by Gasteiger charge is 2.34. The molecule has 0 saturated heterocycles. The van der Waals surface area contributed by atoms with E-state index in [9.17, 15) is 18.0 Å². The molecule has 0 aromatic heterocycles. The van der Waals surface area contributed by atoms with E-state index >= 15 is 0 Å². The molecule has 12 heteroatoms. The molecule has 0 bridgehead atoms. The van der Waals surface area contributed by atoms with E-state index in [-0.39, 0.29) is 39.6 Å². The van der Waals surface area contributed by atoms with Crippen LogP contribution in [0.1, 0.15) is 31.9 Å². The Morgan fingerprint density at radius 3 is 2.05 bits per heavy atom. The van der Waals surface area contributed by atoms with Crippen molar-refractivity contribution in [2.75, 3.05) is 17.1 Å². The average Bonchev–Trinajstić information content (AvgIpc) is 2.87. The molecule has 1 N–H and O–H groups in total. The second kappa shape index (κ2) is 13.8. The molecule has 41 heavy (non-hydrogen) atoms. The number of rotatable bonds is 10. The number of hydrogen-bond acceptors (Lipinski definition) is 4. The SMILES string of the molecule is CC(C)(C)NC(=O)C(Cc1ccccc1)N(Cc1ccc(Br)cc1)C(=O)CN(c1cc(Cl)c(Cl)cc1Cl)S(C)(=O)=O. The van der Waals surface area contributed by atoms with Crippen LogP contribution >= 0.6 is 50.7 Å². The minimum absolute atomic E-state index is 0.000684. The molecule has 3 rings (SSSR count). The van der Waals surface area contributed by atoms with E-state index < -0.39 is 34.1 Å². The maximum absolute atomic E-state index is 14.1. The molecule has 0 spiro atoms. The van der Waals surface area contributed by atoms with Gasteiger partial charge in [-0.2, -0.15) is 0 Å². The molecule has 1 atom stereocenters. The summed E-state index contributed by atoms with van der Waals surface area (Å²) >= 11 is 22.0. The highest BCUT2D eigenvalue weighted by atomic mass is 79.9. The minimum atomic E-state index is -4.02. The molecule has 220 valence electrons. The van der Waals surface area contributed by atoms with Crippen LogP contribution in [0.4, 0.5) is 5.69 Å². The van der Waals surface area contributed by atoms with Gasteiger partial charge in [-0.15, -0.1) is 0 Å². The Balaban J connectivity index is 2.11. The summed E-state index contributed by atoms with van der Waals surface area (Å²) in [6, 6.07) is 18.3. The van der Waals surface area contributed by atoms with Crippen LogP contribution in [0.5, 0.6) is 0 Å². The van der Waals surface area contributed by atoms with Gasteiger partial charge in [-0.3, -0.25) is 13.9 Å². The Bertz CT molecular complexity index is 1500. The van der Waals surface area contributed by atoms with E-state index in [1.54, 1.807) is 0 Å². The molecule has 0 aliphatic rings. The van der Waals surface area contributed by atoms with Gasteiger partial charge in [-0.05, 0) is 56.2 Å². The van der Waals surface area contributed by atoms with E-state index in [0.717, 1.165) is 26.2 Å². The third-order valence-corrected chi connectivity index (χ3v) is 8.65. The minimum Gasteiger partial charge on any atom is -0.350 e. The average molecular weight is 704 g/mol.